The van der Waals surface area contributed by atoms with Crippen LogP contribution in [0.2, 0.25) is 10.0 Å². The van der Waals surface area contributed by atoms with Crippen molar-refractivity contribution in [1.29, 1.82) is 0 Å². The highest BCUT2D eigenvalue weighted by atomic mass is 35.5. The molecule has 9 heteroatoms. The van der Waals surface area contributed by atoms with Gasteiger partial charge in [-0.2, -0.15) is 5.10 Å². The Morgan fingerprint density at radius 2 is 1.68 bits per heavy atom. The molecule has 2 N–H and O–H groups in total. The van der Waals surface area contributed by atoms with Gasteiger partial charge in [0.1, 0.15) is 0 Å². The van der Waals surface area contributed by atoms with E-state index < -0.39 is 23.5 Å². The van der Waals surface area contributed by atoms with Gasteiger partial charge in [-0.15, -0.1) is 4.91 Å². The molecule has 2 rings (SSSR count). The molecule has 0 aliphatic heterocycles. The van der Waals surface area contributed by atoms with Gasteiger partial charge in [0, 0.05) is 10.6 Å². The number of hydrogen-bond donors (Lipinski definition) is 2. The van der Waals surface area contributed by atoms with Crippen LogP contribution in [0.3, 0.4) is 0 Å². The van der Waals surface area contributed by atoms with Gasteiger partial charge in [-0.25, -0.2) is 4.79 Å². The van der Waals surface area contributed by atoms with Crippen molar-refractivity contribution in [3.05, 3.63) is 69.0 Å². The first kappa shape index (κ1) is 18.6. The molecule has 128 valence electrons. The van der Waals surface area contributed by atoms with Crippen molar-refractivity contribution in [3.8, 4) is 0 Å². The largest absolute Gasteiger partial charge is 0.477 e. The Bertz CT molecular complexity index is 838. The summed E-state index contributed by atoms with van der Waals surface area (Å²) >= 11 is 11.7. The smallest absolute Gasteiger partial charge is 0.354 e. The van der Waals surface area contributed by atoms with E-state index in [-0.39, 0.29) is 10.6 Å². The normalized spacial score (nSPS) is 12.3. The standard InChI is InChI=1S/C16H11Cl2N3O4/c17-10-7-5-9(6-8-10)15(22)13(21-25)14(16(23)24)20-19-12-4-2-1-3-11(12)18/h1-8,13,19H,(H,23,24)/b20-14-. The molecule has 0 saturated heterocycles. The summed E-state index contributed by atoms with van der Waals surface area (Å²) in [4.78, 5) is 34.9. The first-order chi connectivity index (χ1) is 11.9. The fourth-order valence-corrected chi connectivity index (χ4v) is 2.20. The number of para-hydroxylation sites is 1. The summed E-state index contributed by atoms with van der Waals surface area (Å²) in [6.45, 7) is 0. The van der Waals surface area contributed by atoms with E-state index in [9.17, 15) is 19.6 Å². The Morgan fingerprint density at radius 1 is 1.04 bits per heavy atom. The SMILES string of the molecule is O=NC(C(=O)c1ccc(Cl)cc1)/C(=N/Nc1ccccc1Cl)C(=O)O. The Labute approximate surface area is 152 Å². The predicted molar refractivity (Wildman–Crippen MR) is 95.5 cm³/mol. The van der Waals surface area contributed by atoms with E-state index in [1.54, 1.807) is 24.3 Å². The molecule has 0 saturated carbocycles. The number of carboxylic acids is 1. The zero-order valence-corrected chi connectivity index (χ0v) is 14.0. The molecule has 1 unspecified atom stereocenters. The molecule has 0 heterocycles. The monoisotopic (exact) mass is 379 g/mol. The lowest BCUT2D eigenvalue weighted by Gasteiger charge is -2.10. The second kappa shape index (κ2) is 8.36. The van der Waals surface area contributed by atoms with Crippen LogP contribution in [0.15, 0.2) is 58.8 Å². The lowest BCUT2D eigenvalue weighted by atomic mass is 10.0. The minimum absolute atomic E-state index is 0.0840. The summed E-state index contributed by atoms with van der Waals surface area (Å²) in [6, 6.07) is 10.2. The summed E-state index contributed by atoms with van der Waals surface area (Å²) in [6.07, 6.45) is 0. The summed E-state index contributed by atoms with van der Waals surface area (Å²) < 4.78 is 0. The number of aliphatic carboxylic acids is 1. The summed E-state index contributed by atoms with van der Waals surface area (Å²) in [5.41, 5.74) is 2.07. The van der Waals surface area contributed by atoms with Crippen LogP contribution in [0.1, 0.15) is 10.4 Å². The van der Waals surface area contributed by atoms with Crippen molar-refractivity contribution >= 4 is 46.4 Å². The van der Waals surface area contributed by atoms with Crippen LogP contribution in [-0.4, -0.2) is 28.6 Å². The molecular formula is C16H11Cl2N3O4. The highest BCUT2D eigenvalue weighted by molar-refractivity contribution is 6.43. The molecule has 1 atom stereocenters. The number of nitrogens with zero attached hydrogens (tertiary/aromatic N) is 2. The minimum atomic E-state index is -1.83. The summed E-state index contributed by atoms with van der Waals surface area (Å²) in [7, 11) is 0. The van der Waals surface area contributed by atoms with E-state index in [0.717, 1.165) is 0 Å². The summed E-state index contributed by atoms with van der Waals surface area (Å²) in [5, 5.41) is 16.2. The van der Waals surface area contributed by atoms with Gasteiger partial charge in [0.2, 0.25) is 6.04 Å². The van der Waals surface area contributed by atoms with Crippen LogP contribution >= 0.6 is 23.2 Å². The number of benzene rings is 2. The molecule has 0 aliphatic rings. The van der Waals surface area contributed by atoms with Crippen molar-refractivity contribution < 1.29 is 14.7 Å². The molecule has 0 aromatic heterocycles. The second-order valence-corrected chi connectivity index (χ2v) is 5.62. The Hall–Kier alpha value is -2.77. The van der Waals surface area contributed by atoms with E-state index in [4.69, 9.17) is 23.2 Å². The third-order valence-corrected chi connectivity index (χ3v) is 3.71. The third-order valence-electron chi connectivity index (χ3n) is 3.13. The van der Waals surface area contributed by atoms with E-state index in [2.05, 4.69) is 15.7 Å². The zero-order valence-electron chi connectivity index (χ0n) is 12.5. The topological polar surface area (TPSA) is 108 Å². The predicted octanol–water partition coefficient (Wildman–Crippen LogP) is 3.86. The quantitative estimate of drug-likeness (QED) is 0.328. The number of anilines is 1. The number of hydrazone groups is 1. The van der Waals surface area contributed by atoms with Crippen molar-refractivity contribution in [3.63, 3.8) is 0 Å². The number of nitrogens with one attached hydrogen (secondary N) is 1. The van der Waals surface area contributed by atoms with Crippen LogP contribution in [0.4, 0.5) is 5.69 Å². The average molecular weight is 380 g/mol. The average Bonchev–Trinajstić information content (AvgIpc) is 2.59. The molecule has 0 spiro atoms. The first-order valence-corrected chi connectivity index (χ1v) is 7.63. The highest BCUT2D eigenvalue weighted by Gasteiger charge is 2.32. The van der Waals surface area contributed by atoms with Gasteiger partial charge in [-0.3, -0.25) is 10.2 Å². The van der Waals surface area contributed by atoms with Gasteiger partial charge in [0.15, 0.2) is 11.5 Å². The molecular weight excluding hydrogens is 369 g/mol. The van der Waals surface area contributed by atoms with Crippen molar-refractivity contribution in [2.75, 3.05) is 5.43 Å². The van der Waals surface area contributed by atoms with Crippen molar-refractivity contribution in [2.24, 2.45) is 10.3 Å². The molecule has 25 heavy (non-hydrogen) atoms. The molecule has 0 radical (unpaired) electrons. The number of halogens is 2. The fraction of sp³-hybridized carbons (Fsp3) is 0.0625. The number of Topliss-reactive ketones (excluding diaryl/α,β-unsaturated/α-hetero) is 1. The van der Waals surface area contributed by atoms with Gasteiger partial charge >= 0.3 is 5.97 Å². The third kappa shape index (κ3) is 4.62. The summed E-state index contributed by atoms with van der Waals surface area (Å²) in [5.74, 6) is -2.37. The second-order valence-electron chi connectivity index (χ2n) is 4.77. The number of hydrogen-bond acceptors (Lipinski definition) is 6. The van der Waals surface area contributed by atoms with Crippen LogP contribution in [0, 0.1) is 4.91 Å². The lowest BCUT2D eigenvalue weighted by Crippen LogP contribution is -2.34. The van der Waals surface area contributed by atoms with Crippen molar-refractivity contribution in [1.82, 2.24) is 0 Å². The van der Waals surface area contributed by atoms with Crippen LogP contribution < -0.4 is 5.43 Å². The first-order valence-electron chi connectivity index (χ1n) is 6.87. The number of carbonyl (C=O) groups is 2. The van der Waals surface area contributed by atoms with Crippen LogP contribution in [-0.2, 0) is 4.79 Å². The molecule has 0 amide bonds. The number of carbonyl (C=O) groups excluding carboxylic acids is 1. The van der Waals surface area contributed by atoms with Crippen molar-refractivity contribution in [2.45, 2.75) is 6.04 Å². The van der Waals surface area contributed by atoms with E-state index in [1.165, 1.54) is 24.3 Å². The molecule has 2 aromatic carbocycles. The van der Waals surface area contributed by atoms with Gasteiger partial charge in [0.25, 0.3) is 0 Å². The van der Waals surface area contributed by atoms with Gasteiger partial charge in [-0.1, -0.05) is 40.5 Å². The number of nitroso groups, excluding NO2 is 1. The number of carboxylic acid groups (broad SMARTS) is 1. The van der Waals surface area contributed by atoms with Gasteiger partial charge < -0.3 is 5.11 Å². The van der Waals surface area contributed by atoms with E-state index in [0.29, 0.717) is 10.7 Å². The molecule has 7 nitrogen and oxygen atoms in total. The Balaban J connectivity index is 2.32. The maximum absolute atomic E-state index is 12.4. The molecule has 2 aromatic rings. The van der Waals surface area contributed by atoms with E-state index in [1.807, 2.05) is 0 Å². The van der Waals surface area contributed by atoms with Crippen LogP contribution in [0.25, 0.3) is 0 Å². The molecule has 0 aliphatic carbocycles. The Morgan fingerprint density at radius 3 is 2.24 bits per heavy atom. The zero-order chi connectivity index (χ0) is 18.4. The fourth-order valence-electron chi connectivity index (χ4n) is 1.89. The maximum Gasteiger partial charge on any atom is 0.354 e. The lowest BCUT2D eigenvalue weighted by molar-refractivity contribution is -0.129. The molecule has 0 bridgehead atoms. The maximum atomic E-state index is 12.4. The van der Waals surface area contributed by atoms with Crippen LogP contribution in [0.5, 0.6) is 0 Å². The molecule has 0 fully saturated rings. The van der Waals surface area contributed by atoms with Gasteiger partial charge in [0.05, 0.1) is 10.7 Å². The number of rotatable bonds is 7. The number of ketones is 1. The minimum Gasteiger partial charge on any atom is -0.477 e. The Kier molecular flexibility index (Phi) is 6.21. The highest BCUT2D eigenvalue weighted by Crippen LogP contribution is 2.20. The van der Waals surface area contributed by atoms with Gasteiger partial charge in [-0.05, 0) is 36.4 Å². The van der Waals surface area contributed by atoms with E-state index >= 15 is 0 Å².